The number of ether oxygens (including phenoxy) is 2. The van der Waals surface area contributed by atoms with Crippen LogP contribution in [0, 0.1) is 0 Å². The highest BCUT2D eigenvalue weighted by Crippen LogP contribution is 2.37. The lowest BCUT2D eigenvalue weighted by Gasteiger charge is -2.11. The Labute approximate surface area is 374 Å². The van der Waals surface area contributed by atoms with E-state index in [9.17, 15) is 9.59 Å². The van der Waals surface area contributed by atoms with Crippen LogP contribution in [0.2, 0.25) is 10.0 Å². The molecule has 0 N–H and O–H groups in total. The van der Waals surface area contributed by atoms with Crippen molar-refractivity contribution in [2.75, 3.05) is 11.5 Å². The van der Waals surface area contributed by atoms with E-state index >= 15 is 0 Å². The van der Waals surface area contributed by atoms with Crippen molar-refractivity contribution in [3.05, 3.63) is 141 Å². The van der Waals surface area contributed by atoms with E-state index < -0.39 is 11.9 Å². The number of thioether (sulfide) groups is 2. The first-order valence-corrected chi connectivity index (χ1v) is 23.7. The fraction of sp³-hybridized carbons (Fsp3) is 0.320. The van der Waals surface area contributed by atoms with Crippen LogP contribution in [-0.4, -0.2) is 35.9 Å². The standard InChI is InChI=1S/C50H54Cl2N2O4S2/c1-3-5-7-9-11-13-31-59-43-27-23-41(24-28-43)53-35-37-15-19-39(20-16-37)49(55)57-47-34-48(46(52)33-45(47)51)58-50(56)40-21-17-38(18-22-40)36-54-42-25-29-44(30-26-42)60-32-14-12-10-8-6-4-2/h15-30,33-36H,3-14,31-32H2,1-2H3. The third kappa shape index (κ3) is 16.3. The number of hydrogen-bond acceptors (Lipinski definition) is 8. The summed E-state index contributed by atoms with van der Waals surface area (Å²) >= 11 is 16.5. The molecule has 5 aromatic rings. The Morgan fingerprint density at radius 3 is 1.25 bits per heavy atom. The number of nitrogens with zero attached hydrogens (tertiary/aromatic N) is 2. The third-order valence-corrected chi connectivity index (χ3v) is 12.4. The highest BCUT2D eigenvalue weighted by molar-refractivity contribution is 7.99. The molecule has 0 aliphatic carbocycles. The van der Waals surface area contributed by atoms with Gasteiger partial charge < -0.3 is 9.47 Å². The van der Waals surface area contributed by atoms with Gasteiger partial charge in [-0.2, -0.15) is 0 Å². The first-order chi connectivity index (χ1) is 29.3. The fourth-order valence-corrected chi connectivity index (χ4v) is 8.38. The summed E-state index contributed by atoms with van der Waals surface area (Å²) in [5, 5.41) is 0.183. The summed E-state index contributed by atoms with van der Waals surface area (Å²) in [7, 11) is 0. The number of unbranched alkanes of at least 4 members (excludes halogenated alkanes) is 10. The predicted octanol–water partition coefficient (Wildman–Crippen LogP) is 15.8. The number of carbonyl (C=O) groups excluding carboxylic acids is 2. The Bertz CT molecular complexity index is 1990. The minimum Gasteiger partial charge on any atom is -0.421 e. The van der Waals surface area contributed by atoms with Crippen molar-refractivity contribution in [3.8, 4) is 11.5 Å². The maximum absolute atomic E-state index is 13.1. The van der Waals surface area contributed by atoms with E-state index in [1.807, 2.05) is 47.8 Å². The minimum atomic E-state index is -0.635. The quantitative estimate of drug-likeness (QED) is 0.0202. The lowest BCUT2D eigenvalue weighted by molar-refractivity contribution is 0.0733. The Balaban J connectivity index is 1.08. The molecule has 0 unspecified atom stereocenters. The third-order valence-electron chi connectivity index (χ3n) is 9.62. The zero-order valence-electron chi connectivity index (χ0n) is 34.5. The molecule has 0 heterocycles. The zero-order chi connectivity index (χ0) is 42.4. The number of benzene rings is 5. The molecule has 0 saturated heterocycles. The zero-order valence-corrected chi connectivity index (χ0v) is 37.7. The van der Waals surface area contributed by atoms with Crippen molar-refractivity contribution < 1.29 is 19.1 Å². The van der Waals surface area contributed by atoms with E-state index in [1.54, 1.807) is 61.0 Å². The molecule has 5 rings (SSSR count). The summed E-state index contributed by atoms with van der Waals surface area (Å²) in [6.07, 6.45) is 19.1. The van der Waals surface area contributed by atoms with Gasteiger partial charge in [0.2, 0.25) is 0 Å². The topological polar surface area (TPSA) is 77.3 Å². The van der Waals surface area contributed by atoms with Crippen molar-refractivity contribution in [1.82, 2.24) is 0 Å². The van der Waals surface area contributed by atoms with E-state index in [2.05, 4.69) is 48.1 Å². The van der Waals surface area contributed by atoms with E-state index in [1.165, 1.54) is 99.0 Å². The molecule has 0 fully saturated rings. The van der Waals surface area contributed by atoms with Gasteiger partial charge in [0.1, 0.15) is 0 Å². The molecule has 0 aliphatic rings. The summed E-state index contributed by atoms with van der Waals surface area (Å²) < 4.78 is 11.2. The number of rotatable bonds is 24. The second-order valence-corrected chi connectivity index (χ2v) is 17.6. The Morgan fingerprint density at radius 2 is 0.867 bits per heavy atom. The molecule has 0 amide bonds. The van der Waals surface area contributed by atoms with Gasteiger partial charge >= 0.3 is 11.9 Å². The molecular weight excluding hydrogens is 828 g/mol. The SMILES string of the molecule is CCCCCCCCSc1ccc(N=Cc2ccc(C(=O)Oc3cc(OC(=O)c4ccc(C=Nc5ccc(SCCCCCCCC)cc5)cc4)c(Cl)cc3Cl)cc2)cc1. The van der Waals surface area contributed by atoms with Crippen LogP contribution in [0.15, 0.2) is 129 Å². The lowest BCUT2D eigenvalue weighted by Crippen LogP contribution is -2.11. The van der Waals surface area contributed by atoms with Crippen molar-refractivity contribution in [2.45, 2.75) is 101 Å². The average Bonchev–Trinajstić information content (AvgIpc) is 3.27. The molecule has 6 nitrogen and oxygen atoms in total. The first-order valence-electron chi connectivity index (χ1n) is 21.0. The Morgan fingerprint density at radius 1 is 0.500 bits per heavy atom. The number of carbonyl (C=O) groups is 2. The van der Waals surface area contributed by atoms with Crippen molar-refractivity contribution >= 4 is 82.5 Å². The van der Waals surface area contributed by atoms with Gasteiger partial charge in [-0.1, -0.05) is 126 Å². The van der Waals surface area contributed by atoms with Crippen LogP contribution in [0.1, 0.15) is 123 Å². The monoisotopic (exact) mass is 880 g/mol. The summed E-state index contributed by atoms with van der Waals surface area (Å²) in [5.41, 5.74) is 3.96. The largest absolute Gasteiger partial charge is 0.421 e. The molecule has 60 heavy (non-hydrogen) atoms. The molecule has 5 aromatic carbocycles. The van der Waals surface area contributed by atoms with Crippen molar-refractivity contribution in [3.63, 3.8) is 0 Å². The van der Waals surface area contributed by atoms with Crippen molar-refractivity contribution in [2.24, 2.45) is 9.98 Å². The van der Waals surface area contributed by atoms with Gasteiger partial charge in [0, 0.05) is 28.3 Å². The van der Waals surface area contributed by atoms with Crippen LogP contribution >= 0.6 is 46.7 Å². The molecule has 10 heteroatoms. The summed E-state index contributed by atoms with van der Waals surface area (Å²) in [6, 6.07) is 32.9. The second-order valence-electron chi connectivity index (χ2n) is 14.5. The summed E-state index contributed by atoms with van der Waals surface area (Å²) in [5.74, 6) is 0.997. The van der Waals surface area contributed by atoms with Crippen molar-refractivity contribution in [1.29, 1.82) is 0 Å². The molecule has 0 aromatic heterocycles. The Kier molecular flexibility index (Phi) is 20.3. The first kappa shape index (κ1) is 46.7. The molecular formula is C50H54Cl2N2O4S2. The van der Waals surface area contributed by atoms with E-state index in [-0.39, 0.29) is 21.5 Å². The molecule has 0 saturated carbocycles. The summed E-state index contributed by atoms with van der Waals surface area (Å²) in [6.45, 7) is 4.49. The normalized spacial score (nSPS) is 11.4. The van der Waals surface area contributed by atoms with Gasteiger partial charge in [0.15, 0.2) is 11.5 Å². The second kappa shape index (κ2) is 26.1. The van der Waals surface area contributed by atoms with E-state index in [4.69, 9.17) is 32.7 Å². The molecule has 0 aliphatic heterocycles. The highest BCUT2D eigenvalue weighted by atomic mass is 35.5. The van der Waals surface area contributed by atoms with Gasteiger partial charge in [0.25, 0.3) is 0 Å². The highest BCUT2D eigenvalue weighted by Gasteiger charge is 2.18. The van der Waals surface area contributed by atoms with E-state index in [0.717, 1.165) is 34.0 Å². The smallest absolute Gasteiger partial charge is 0.343 e. The lowest BCUT2D eigenvalue weighted by atomic mass is 10.1. The van der Waals surface area contributed by atoms with Crippen LogP contribution in [0.5, 0.6) is 11.5 Å². The maximum atomic E-state index is 13.1. The van der Waals surface area contributed by atoms with Crippen LogP contribution in [0.4, 0.5) is 11.4 Å². The van der Waals surface area contributed by atoms with Gasteiger partial charge in [0.05, 0.1) is 32.5 Å². The van der Waals surface area contributed by atoms with Crippen LogP contribution in [0.25, 0.3) is 0 Å². The molecule has 0 bridgehead atoms. The van der Waals surface area contributed by atoms with Gasteiger partial charge in [-0.3, -0.25) is 9.98 Å². The molecule has 0 atom stereocenters. The van der Waals surface area contributed by atoms with Crippen LogP contribution in [-0.2, 0) is 0 Å². The molecule has 0 spiro atoms. The van der Waals surface area contributed by atoms with Crippen LogP contribution in [0.3, 0.4) is 0 Å². The van der Waals surface area contributed by atoms with Gasteiger partial charge in [-0.05, 0) is 114 Å². The number of halogens is 2. The van der Waals surface area contributed by atoms with Crippen LogP contribution < -0.4 is 9.47 Å². The van der Waals surface area contributed by atoms with Gasteiger partial charge in [-0.15, -0.1) is 23.5 Å². The number of aliphatic imine (C=N–C) groups is 2. The number of hydrogen-bond donors (Lipinski definition) is 0. The predicted molar refractivity (Wildman–Crippen MR) is 255 cm³/mol. The average molecular weight is 882 g/mol. The summed E-state index contributed by atoms with van der Waals surface area (Å²) in [4.78, 5) is 37.8. The maximum Gasteiger partial charge on any atom is 0.343 e. The minimum absolute atomic E-state index is 0.00378. The molecule has 0 radical (unpaired) electrons. The Hall–Kier alpha value is -4.34. The molecule has 314 valence electrons. The van der Waals surface area contributed by atoms with E-state index in [0.29, 0.717) is 11.1 Å². The van der Waals surface area contributed by atoms with Gasteiger partial charge in [-0.25, -0.2) is 9.59 Å². The number of esters is 2. The fourth-order valence-electron chi connectivity index (χ4n) is 6.09.